The number of pyridine rings is 1. The van der Waals surface area contributed by atoms with Crippen LogP contribution in [0.15, 0.2) is 47.1 Å². The van der Waals surface area contributed by atoms with Crippen LogP contribution in [-0.4, -0.2) is 46.1 Å². The van der Waals surface area contributed by atoms with Gasteiger partial charge in [-0.25, -0.2) is 0 Å². The third kappa shape index (κ3) is 5.39. The number of nitrogens with zero attached hydrogens (tertiary/aromatic N) is 4. The van der Waals surface area contributed by atoms with Crippen LogP contribution in [0.4, 0.5) is 0 Å². The molecule has 0 N–H and O–H groups in total. The minimum atomic E-state index is 0.00149. The van der Waals surface area contributed by atoms with E-state index in [1.807, 2.05) is 44.2 Å². The number of hydrogen-bond donors (Lipinski definition) is 0. The van der Waals surface area contributed by atoms with Gasteiger partial charge in [0.05, 0.1) is 6.54 Å². The predicted octanol–water partition coefficient (Wildman–Crippen LogP) is 3.22. The van der Waals surface area contributed by atoms with E-state index in [1.54, 1.807) is 18.1 Å². The van der Waals surface area contributed by atoms with Crippen LogP contribution < -0.4 is 4.74 Å². The van der Waals surface area contributed by atoms with Gasteiger partial charge in [-0.3, -0.25) is 9.78 Å². The molecule has 2 aromatic heterocycles. The molecule has 0 aliphatic carbocycles. The van der Waals surface area contributed by atoms with Crippen molar-refractivity contribution in [2.75, 3.05) is 20.2 Å². The van der Waals surface area contributed by atoms with Crippen molar-refractivity contribution >= 4 is 5.91 Å². The highest BCUT2D eigenvalue weighted by molar-refractivity contribution is 5.76. The Morgan fingerprint density at radius 1 is 1.18 bits per heavy atom. The number of aryl methyl sites for hydroxylation is 3. The maximum atomic E-state index is 12.3. The molecule has 3 aromatic rings. The van der Waals surface area contributed by atoms with Gasteiger partial charge in [-0.1, -0.05) is 17.3 Å². The SMILES string of the molecule is Cc1cc(C)cc(OCCN(C)C(=O)CCc2nc(-c3ccccn3)no2)c1. The molecule has 0 unspecified atom stereocenters. The lowest BCUT2D eigenvalue weighted by Gasteiger charge is -2.17. The van der Waals surface area contributed by atoms with Gasteiger partial charge < -0.3 is 14.2 Å². The van der Waals surface area contributed by atoms with Crippen LogP contribution in [0, 0.1) is 13.8 Å². The second-order valence-corrected chi connectivity index (χ2v) is 6.71. The monoisotopic (exact) mass is 380 g/mol. The zero-order valence-electron chi connectivity index (χ0n) is 16.4. The van der Waals surface area contributed by atoms with E-state index in [2.05, 4.69) is 21.2 Å². The number of carbonyl (C=O) groups excluding carboxylic acids is 1. The van der Waals surface area contributed by atoms with Crippen molar-refractivity contribution in [1.29, 1.82) is 0 Å². The van der Waals surface area contributed by atoms with Gasteiger partial charge in [0.2, 0.25) is 17.6 Å². The molecule has 0 aliphatic rings. The van der Waals surface area contributed by atoms with Gasteiger partial charge in [0.25, 0.3) is 0 Å². The molecular weight excluding hydrogens is 356 g/mol. The largest absolute Gasteiger partial charge is 0.492 e. The van der Waals surface area contributed by atoms with E-state index >= 15 is 0 Å². The van der Waals surface area contributed by atoms with E-state index in [9.17, 15) is 4.79 Å². The van der Waals surface area contributed by atoms with Crippen LogP contribution in [0.25, 0.3) is 11.5 Å². The molecule has 7 heteroatoms. The van der Waals surface area contributed by atoms with Gasteiger partial charge in [-0.15, -0.1) is 0 Å². The summed E-state index contributed by atoms with van der Waals surface area (Å²) in [6.07, 6.45) is 2.36. The molecule has 3 rings (SSSR count). The average Bonchev–Trinajstić information content (AvgIpc) is 3.15. The van der Waals surface area contributed by atoms with E-state index in [0.717, 1.165) is 16.9 Å². The summed E-state index contributed by atoms with van der Waals surface area (Å²) < 4.78 is 11.0. The molecule has 0 aliphatic heterocycles. The topological polar surface area (TPSA) is 81.4 Å². The van der Waals surface area contributed by atoms with E-state index in [4.69, 9.17) is 9.26 Å². The first-order valence-corrected chi connectivity index (χ1v) is 9.20. The maximum Gasteiger partial charge on any atom is 0.227 e. The van der Waals surface area contributed by atoms with Crippen LogP contribution in [0.2, 0.25) is 0 Å². The first kappa shape index (κ1) is 19.5. The molecule has 28 heavy (non-hydrogen) atoms. The summed E-state index contributed by atoms with van der Waals surface area (Å²) in [4.78, 5) is 22.4. The molecule has 0 spiro atoms. The van der Waals surface area contributed by atoms with Crippen LogP contribution in [0.1, 0.15) is 23.4 Å². The normalized spacial score (nSPS) is 10.7. The first-order chi connectivity index (χ1) is 13.5. The quantitative estimate of drug-likeness (QED) is 0.597. The minimum Gasteiger partial charge on any atom is -0.492 e. The second-order valence-electron chi connectivity index (χ2n) is 6.71. The van der Waals surface area contributed by atoms with Crippen LogP contribution in [-0.2, 0) is 11.2 Å². The lowest BCUT2D eigenvalue weighted by molar-refractivity contribution is -0.130. The Balaban J connectivity index is 1.44. The van der Waals surface area contributed by atoms with Crippen molar-refractivity contribution in [3.8, 4) is 17.3 Å². The molecule has 0 saturated heterocycles. The second kappa shape index (κ2) is 9.12. The zero-order chi connectivity index (χ0) is 19.9. The Bertz CT molecular complexity index is 904. The number of likely N-dealkylation sites (N-methyl/N-ethyl adjacent to an activating group) is 1. The summed E-state index contributed by atoms with van der Waals surface area (Å²) in [5.74, 6) is 1.68. The molecule has 1 aromatic carbocycles. The Kier molecular flexibility index (Phi) is 6.37. The lowest BCUT2D eigenvalue weighted by atomic mass is 10.1. The van der Waals surface area contributed by atoms with Gasteiger partial charge in [-0.2, -0.15) is 4.98 Å². The third-order valence-electron chi connectivity index (χ3n) is 4.23. The van der Waals surface area contributed by atoms with E-state index in [0.29, 0.717) is 43.4 Å². The summed E-state index contributed by atoms with van der Waals surface area (Å²) in [6, 6.07) is 11.6. The number of carbonyl (C=O) groups is 1. The number of hydrogen-bond acceptors (Lipinski definition) is 6. The third-order valence-corrected chi connectivity index (χ3v) is 4.23. The maximum absolute atomic E-state index is 12.3. The van der Waals surface area contributed by atoms with Crippen molar-refractivity contribution in [3.63, 3.8) is 0 Å². The predicted molar refractivity (Wildman–Crippen MR) is 105 cm³/mol. The van der Waals surface area contributed by atoms with Crippen LogP contribution >= 0.6 is 0 Å². The number of aromatic nitrogens is 3. The summed E-state index contributed by atoms with van der Waals surface area (Å²) in [5.41, 5.74) is 2.96. The van der Waals surface area contributed by atoms with E-state index < -0.39 is 0 Å². The lowest BCUT2D eigenvalue weighted by Crippen LogP contribution is -2.31. The molecule has 146 valence electrons. The fourth-order valence-corrected chi connectivity index (χ4v) is 2.80. The van der Waals surface area contributed by atoms with Gasteiger partial charge in [0, 0.05) is 26.1 Å². The Hall–Kier alpha value is -3.22. The first-order valence-electron chi connectivity index (χ1n) is 9.20. The van der Waals surface area contributed by atoms with Crippen molar-refractivity contribution < 1.29 is 14.1 Å². The van der Waals surface area contributed by atoms with E-state index in [-0.39, 0.29) is 5.91 Å². The summed E-state index contributed by atoms with van der Waals surface area (Å²) >= 11 is 0. The molecule has 0 bridgehead atoms. The highest BCUT2D eigenvalue weighted by Gasteiger charge is 2.14. The number of amides is 1. The average molecular weight is 380 g/mol. The summed E-state index contributed by atoms with van der Waals surface area (Å²) in [6.45, 7) is 5.02. The van der Waals surface area contributed by atoms with Gasteiger partial charge in [0.1, 0.15) is 18.1 Å². The minimum absolute atomic E-state index is 0.00149. The van der Waals surface area contributed by atoms with Crippen LogP contribution in [0.5, 0.6) is 5.75 Å². The molecule has 2 heterocycles. The molecule has 0 saturated carbocycles. The molecular formula is C21H24N4O3. The van der Waals surface area contributed by atoms with Gasteiger partial charge >= 0.3 is 0 Å². The fourth-order valence-electron chi connectivity index (χ4n) is 2.80. The Morgan fingerprint density at radius 3 is 2.68 bits per heavy atom. The smallest absolute Gasteiger partial charge is 0.227 e. The zero-order valence-corrected chi connectivity index (χ0v) is 16.4. The van der Waals surface area contributed by atoms with Gasteiger partial charge in [-0.05, 0) is 49.2 Å². The van der Waals surface area contributed by atoms with Crippen molar-refractivity contribution in [1.82, 2.24) is 20.0 Å². The molecule has 1 amide bonds. The summed E-state index contributed by atoms with van der Waals surface area (Å²) in [7, 11) is 1.76. The highest BCUT2D eigenvalue weighted by Crippen LogP contribution is 2.16. The molecule has 7 nitrogen and oxygen atoms in total. The standard InChI is InChI=1S/C21H24N4O3/c1-15-12-16(2)14-17(13-15)27-11-10-25(3)20(26)8-7-19-23-21(24-28-19)18-6-4-5-9-22-18/h4-6,9,12-14H,7-8,10-11H2,1-3H3. The molecule has 0 fully saturated rings. The number of rotatable bonds is 8. The van der Waals surface area contributed by atoms with Gasteiger partial charge in [0.15, 0.2) is 0 Å². The fraction of sp³-hybridized carbons (Fsp3) is 0.333. The Morgan fingerprint density at radius 2 is 1.96 bits per heavy atom. The number of ether oxygens (including phenoxy) is 1. The number of benzene rings is 1. The Labute approximate surface area is 164 Å². The summed E-state index contributed by atoms with van der Waals surface area (Å²) in [5, 5.41) is 3.91. The molecule has 0 atom stereocenters. The van der Waals surface area contributed by atoms with Crippen molar-refractivity contribution in [2.45, 2.75) is 26.7 Å². The van der Waals surface area contributed by atoms with Crippen LogP contribution in [0.3, 0.4) is 0 Å². The van der Waals surface area contributed by atoms with E-state index in [1.165, 1.54) is 0 Å². The van der Waals surface area contributed by atoms with Crippen molar-refractivity contribution in [3.05, 3.63) is 59.6 Å². The molecule has 0 radical (unpaired) electrons. The van der Waals surface area contributed by atoms with Crippen molar-refractivity contribution in [2.24, 2.45) is 0 Å². The highest BCUT2D eigenvalue weighted by atomic mass is 16.5.